The third-order valence-corrected chi connectivity index (χ3v) is 6.04. The minimum atomic E-state index is -0.434. The first-order valence-corrected chi connectivity index (χ1v) is 10.2. The molecule has 154 valence electrons. The van der Waals surface area contributed by atoms with Crippen molar-refractivity contribution in [2.24, 2.45) is 0 Å². The van der Waals surface area contributed by atoms with Gasteiger partial charge in [0.1, 0.15) is 16.3 Å². The Morgan fingerprint density at radius 3 is 2.50 bits per heavy atom. The van der Waals surface area contributed by atoms with Crippen molar-refractivity contribution >= 4 is 21.6 Å². The number of pyridine rings is 1. The number of aryl methyl sites for hydroxylation is 1. The number of ether oxygens (including phenoxy) is 1. The minimum Gasteiger partial charge on any atom is -0.496 e. The first kappa shape index (κ1) is 20.0. The topological polar surface area (TPSA) is 66.1 Å². The molecule has 0 aliphatic heterocycles. The van der Waals surface area contributed by atoms with Gasteiger partial charge in [-0.05, 0) is 43.0 Å². The average molecular weight is 425 g/mol. The summed E-state index contributed by atoms with van der Waals surface area (Å²) < 4.78 is 22.0. The molecule has 0 saturated heterocycles. The van der Waals surface area contributed by atoms with Gasteiger partial charge >= 0.3 is 5.69 Å². The molecular formula is C22H20FN3O3S. The quantitative estimate of drug-likeness (QED) is 0.491. The van der Waals surface area contributed by atoms with Crippen molar-refractivity contribution in [1.29, 1.82) is 0 Å². The van der Waals surface area contributed by atoms with E-state index in [-0.39, 0.29) is 24.5 Å². The van der Waals surface area contributed by atoms with E-state index in [1.807, 2.05) is 13.8 Å². The Bertz CT molecular complexity index is 1350. The van der Waals surface area contributed by atoms with E-state index in [9.17, 15) is 14.0 Å². The van der Waals surface area contributed by atoms with Crippen molar-refractivity contribution in [3.8, 4) is 5.75 Å². The fourth-order valence-corrected chi connectivity index (χ4v) is 4.42. The molecule has 3 aromatic heterocycles. The molecule has 1 aromatic carbocycles. The second-order valence-corrected chi connectivity index (χ2v) is 7.98. The van der Waals surface area contributed by atoms with Crippen LogP contribution < -0.4 is 16.0 Å². The standard InChI is InChI=1S/C22H20FN3O3S/c1-13-10-24-17(14(2)19(13)29-3)12-25-18-8-9-30-20(18)21(27)26(22(25)28)11-15-4-6-16(23)7-5-15/h4-10H,11-12H2,1-3H3. The number of fused-ring (bicyclic) bond motifs is 1. The third-order valence-electron chi connectivity index (χ3n) is 5.15. The molecule has 8 heteroatoms. The molecule has 0 atom stereocenters. The first-order valence-electron chi connectivity index (χ1n) is 9.35. The van der Waals surface area contributed by atoms with Crippen LogP contribution >= 0.6 is 11.3 Å². The van der Waals surface area contributed by atoms with Crippen LogP contribution in [-0.4, -0.2) is 21.2 Å². The summed E-state index contributed by atoms with van der Waals surface area (Å²) in [5.74, 6) is 0.362. The Balaban J connectivity index is 1.86. The van der Waals surface area contributed by atoms with Crippen LogP contribution in [0.2, 0.25) is 0 Å². The number of rotatable bonds is 5. The molecular weight excluding hydrogens is 405 g/mol. The summed E-state index contributed by atoms with van der Waals surface area (Å²) in [6.07, 6.45) is 1.71. The lowest BCUT2D eigenvalue weighted by atomic mass is 10.1. The Kier molecular flexibility index (Phi) is 5.26. The van der Waals surface area contributed by atoms with E-state index in [0.29, 0.717) is 21.5 Å². The summed E-state index contributed by atoms with van der Waals surface area (Å²) in [4.78, 5) is 30.8. The van der Waals surface area contributed by atoms with E-state index in [1.54, 1.807) is 41.5 Å². The van der Waals surface area contributed by atoms with Gasteiger partial charge in [0, 0.05) is 17.3 Å². The number of halogens is 1. The van der Waals surface area contributed by atoms with Crippen LogP contribution in [0.4, 0.5) is 4.39 Å². The minimum absolute atomic E-state index is 0.0649. The van der Waals surface area contributed by atoms with Crippen molar-refractivity contribution < 1.29 is 9.13 Å². The normalized spacial score (nSPS) is 11.2. The van der Waals surface area contributed by atoms with Crippen LogP contribution in [0.15, 0.2) is 51.5 Å². The van der Waals surface area contributed by atoms with Crippen molar-refractivity contribution in [1.82, 2.24) is 14.1 Å². The van der Waals surface area contributed by atoms with Crippen LogP contribution in [0.1, 0.15) is 22.4 Å². The molecule has 4 aromatic rings. The van der Waals surface area contributed by atoms with Gasteiger partial charge < -0.3 is 4.74 Å². The predicted octanol–water partition coefficient (Wildman–Crippen LogP) is 3.48. The Morgan fingerprint density at radius 2 is 1.80 bits per heavy atom. The van der Waals surface area contributed by atoms with Crippen molar-refractivity contribution in [2.45, 2.75) is 26.9 Å². The van der Waals surface area contributed by atoms with Gasteiger partial charge in [0.2, 0.25) is 0 Å². The van der Waals surface area contributed by atoms with E-state index in [0.717, 1.165) is 16.9 Å². The van der Waals surface area contributed by atoms with Crippen LogP contribution in [0.3, 0.4) is 0 Å². The zero-order valence-electron chi connectivity index (χ0n) is 16.8. The predicted molar refractivity (Wildman–Crippen MR) is 115 cm³/mol. The smallest absolute Gasteiger partial charge is 0.332 e. The van der Waals surface area contributed by atoms with Crippen LogP contribution in [0, 0.1) is 19.7 Å². The maximum atomic E-state index is 13.3. The fourth-order valence-electron chi connectivity index (χ4n) is 3.58. The van der Waals surface area contributed by atoms with Gasteiger partial charge in [0.15, 0.2) is 0 Å². The van der Waals surface area contributed by atoms with Gasteiger partial charge in [-0.3, -0.25) is 18.9 Å². The zero-order chi connectivity index (χ0) is 21.4. The summed E-state index contributed by atoms with van der Waals surface area (Å²) in [7, 11) is 1.60. The lowest BCUT2D eigenvalue weighted by Crippen LogP contribution is -2.40. The number of benzene rings is 1. The molecule has 3 heterocycles. The molecule has 4 rings (SSSR count). The molecule has 0 N–H and O–H groups in total. The molecule has 30 heavy (non-hydrogen) atoms. The summed E-state index contributed by atoms with van der Waals surface area (Å²) >= 11 is 1.29. The molecule has 0 bridgehead atoms. The van der Waals surface area contributed by atoms with E-state index >= 15 is 0 Å². The highest BCUT2D eigenvalue weighted by Crippen LogP contribution is 2.25. The number of nitrogens with zero attached hydrogens (tertiary/aromatic N) is 3. The maximum Gasteiger partial charge on any atom is 0.332 e. The molecule has 0 fully saturated rings. The second-order valence-electron chi connectivity index (χ2n) is 7.07. The van der Waals surface area contributed by atoms with E-state index in [4.69, 9.17) is 4.74 Å². The molecule has 0 radical (unpaired) electrons. The Morgan fingerprint density at radius 1 is 1.07 bits per heavy atom. The number of methoxy groups -OCH3 is 1. The largest absolute Gasteiger partial charge is 0.496 e. The Hall–Kier alpha value is -3.26. The van der Waals surface area contributed by atoms with Gasteiger partial charge in [-0.1, -0.05) is 12.1 Å². The van der Waals surface area contributed by atoms with Gasteiger partial charge in [-0.15, -0.1) is 11.3 Å². The van der Waals surface area contributed by atoms with E-state index in [2.05, 4.69) is 4.98 Å². The lowest BCUT2D eigenvalue weighted by molar-refractivity contribution is 0.406. The molecule has 0 amide bonds. The molecule has 6 nitrogen and oxygen atoms in total. The molecule has 0 saturated carbocycles. The molecule has 0 spiro atoms. The van der Waals surface area contributed by atoms with Crippen molar-refractivity contribution in [3.05, 3.63) is 90.9 Å². The second kappa shape index (κ2) is 7.87. The van der Waals surface area contributed by atoms with Crippen LogP contribution in [0.5, 0.6) is 5.75 Å². The van der Waals surface area contributed by atoms with E-state index in [1.165, 1.54) is 28.0 Å². The Labute approximate surface area is 175 Å². The number of aromatic nitrogens is 3. The zero-order valence-corrected chi connectivity index (χ0v) is 17.6. The molecule has 0 aliphatic rings. The molecule has 0 aliphatic carbocycles. The number of hydrogen-bond donors (Lipinski definition) is 0. The summed E-state index contributed by atoms with van der Waals surface area (Å²) in [5.41, 5.74) is 2.92. The average Bonchev–Trinajstić information content (AvgIpc) is 3.22. The summed E-state index contributed by atoms with van der Waals surface area (Å²) in [6.45, 7) is 4.08. The fraction of sp³-hybridized carbons (Fsp3) is 0.227. The number of thiophene rings is 1. The first-order chi connectivity index (χ1) is 14.4. The molecule has 0 unspecified atom stereocenters. The van der Waals surface area contributed by atoms with Crippen LogP contribution in [0.25, 0.3) is 10.2 Å². The highest BCUT2D eigenvalue weighted by atomic mass is 32.1. The van der Waals surface area contributed by atoms with Gasteiger partial charge in [0.25, 0.3) is 5.56 Å². The van der Waals surface area contributed by atoms with Gasteiger partial charge in [0.05, 0.1) is 31.4 Å². The SMILES string of the molecule is COc1c(C)cnc(Cn2c(=O)n(Cc3ccc(F)cc3)c(=O)c3sccc32)c1C. The highest BCUT2D eigenvalue weighted by molar-refractivity contribution is 7.17. The van der Waals surface area contributed by atoms with Gasteiger partial charge in [-0.2, -0.15) is 0 Å². The summed E-state index contributed by atoms with van der Waals surface area (Å²) in [6, 6.07) is 7.54. The van der Waals surface area contributed by atoms with Crippen molar-refractivity contribution in [3.63, 3.8) is 0 Å². The third kappa shape index (κ3) is 3.43. The highest BCUT2D eigenvalue weighted by Gasteiger charge is 2.17. The summed E-state index contributed by atoms with van der Waals surface area (Å²) in [5, 5.41) is 1.79. The van der Waals surface area contributed by atoms with Crippen LogP contribution in [-0.2, 0) is 13.1 Å². The van der Waals surface area contributed by atoms with Crippen molar-refractivity contribution in [2.75, 3.05) is 7.11 Å². The maximum absolute atomic E-state index is 13.3. The van der Waals surface area contributed by atoms with Gasteiger partial charge in [-0.25, -0.2) is 9.18 Å². The monoisotopic (exact) mass is 425 g/mol. The van der Waals surface area contributed by atoms with E-state index < -0.39 is 5.69 Å². The lowest BCUT2D eigenvalue weighted by Gasteiger charge is -2.15. The number of hydrogen-bond acceptors (Lipinski definition) is 5.